The number of aryl methyl sites for hydroxylation is 2. The van der Waals surface area contributed by atoms with E-state index in [1.165, 1.54) is 7.11 Å². The van der Waals surface area contributed by atoms with Crippen LogP contribution in [0.15, 0.2) is 30.5 Å². The summed E-state index contributed by atoms with van der Waals surface area (Å²) in [5, 5.41) is 8.06. The second-order valence-corrected chi connectivity index (χ2v) is 5.32. The first-order chi connectivity index (χ1) is 11.5. The van der Waals surface area contributed by atoms with Crippen molar-refractivity contribution in [1.82, 2.24) is 14.8 Å². The van der Waals surface area contributed by atoms with E-state index in [4.69, 9.17) is 9.47 Å². The fraction of sp³-hybridized carbons (Fsp3) is 0.235. The van der Waals surface area contributed by atoms with Gasteiger partial charge >= 0.3 is 0 Å². The average molecular weight is 326 g/mol. The fourth-order valence-electron chi connectivity index (χ4n) is 2.56. The van der Waals surface area contributed by atoms with E-state index in [9.17, 15) is 4.79 Å². The number of hydrogen-bond donors (Lipinski definition) is 1. The number of amides is 1. The standard InChI is InChI=1S/C17H18N4O3/c1-10-14-7-11(9-18-16(14)21(2)20-10)19-17(22)13-6-5-12(23-3)8-15(13)24-4/h5-9H,1-4H3,(H,19,22). The second kappa shape index (κ2) is 6.19. The number of nitrogens with one attached hydrogen (secondary N) is 1. The van der Waals surface area contributed by atoms with Gasteiger partial charge in [-0.15, -0.1) is 0 Å². The normalized spacial score (nSPS) is 10.7. The van der Waals surface area contributed by atoms with Crippen LogP contribution in [0.5, 0.6) is 11.5 Å². The van der Waals surface area contributed by atoms with Crippen LogP contribution in [-0.4, -0.2) is 34.9 Å². The third-order valence-corrected chi connectivity index (χ3v) is 3.77. The summed E-state index contributed by atoms with van der Waals surface area (Å²) in [4.78, 5) is 16.9. The molecule has 0 unspecified atom stereocenters. The van der Waals surface area contributed by atoms with Crippen molar-refractivity contribution in [3.63, 3.8) is 0 Å². The largest absolute Gasteiger partial charge is 0.497 e. The number of carbonyl (C=O) groups is 1. The highest BCUT2D eigenvalue weighted by molar-refractivity contribution is 6.06. The van der Waals surface area contributed by atoms with Crippen LogP contribution >= 0.6 is 0 Å². The summed E-state index contributed by atoms with van der Waals surface area (Å²) in [5.74, 6) is 0.785. The van der Waals surface area contributed by atoms with Crippen LogP contribution < -0.4 is 14.8 Å². The van der Waals surface area contributed by atoms with Crippen molar-refractivity contribution in [1.29, 1.82) is 0 Å². The first-order valence-electron chi connectivity index (χ1n) is 7.36. The van der Waals surface area contributed by atoms with Gasteiger partial charge in [0.15, 0.2) is 5.65 Å². The number of fused-ring (bicyclic) bond motifs is 1. The van der Waals surface area contributed by atoms with Crippen molar-refractivity contribution >= 4 is 22.6 Å². The Bertz CT molecular complexity index is 918. The zero-order chi connectivity index (χ0) is 17.3. The van der Waals surface area contributed by atoms with E-state index in [0.717, 1.165) is 16.7 Å². The highest BCUT2D eigenvalue weighted by Crippen LogP contribution is 2.26. The molecule has 0 radical (unpaired) electrons. The van der Waals surface area contributed by atoms with Gasteiger partial charge in [0.2, 0.25) is 0 Å². The first kappa shape index (κ1) is 15.8. The summed E-state index contributed by atoms with van der Waals surface area (Å²) in [6, 6.07) is 6.90. The highest BCUT2D eigenvalue weighted by atomic mass is 16.5. The molecule has 1 N–H and O–H groups in total. The molecule has 0 aliphatic rings. The fourth-order valence-corrected chi connectivity index (χ4v) is 2.56. The maximum Gasteiger partial charge on any atom is 0.259 e. The molecular formula is C17H18N4O3. The smallest absolute Gasteiger partial charge is 0.259 e. The third kappa shape index (κ3) is 2.76. The Balaban J connectivity index is 1.91. The van der Waals surface area contributed by atoms with E-state index < -0.39 is 0 Å². The predicted octanol–water partition coefficient (Wildman–Crippen LogP) is 2.55. The number of rotatable bonds is 4. The molecule has 1 aromatic carbocycles. The summed E-state index contributed by atoms with van der Waals surface area (Å²) in [6.07, 6.45) is 1.61. The van der Waals surface area contributed by atoms with Crippen molar-refractivity contribution in [2.24, 2.45) is 7.05 Å². The van der Waals surface area contributed by atoms with E-state index in [2.05, 4.69) is 15.4 Å². The number of anilines is 1. The number of carbonyl (C=O) groups excluding carboxylic acids is 1. The first-order valence-corrected chi connectivity index (χ1v) is 7.36. The molecule has 7 nitrogen and oxygen atoms in total. The number of methoxy groups -OCH3 is 2. The molecule has 0 aliphatic carbocycles. The van der Waals surface area contributed by atoms with Crippen LogP contribution in [0.2, 0.25) is 0 Å². The van der Waals surface area contributed by atoms with Crippen LogP contribution in [-0.2, 0) is 7.05 Å². The van der Waals surface area contributed by atoms with E-state index >= 15 is 0 Å². The number of hydrogen-bond acceptors (Lipinski definition) is 5. The van der Waals surface area contributed by atoms with E-state index in [-0.39, 0.29) is 5.91 Å². The Labute approximate surface area is 139 Å². The van der Waals surface area contributed by atoms with Crippen LogP contribution in [0.25, 0.3) is 11.0 Å². The van der Waals surface area contributed by atoms with Crippen molar-refractivity contribution in [2.75, 3.05) is 19.5 Å². The number of nitrogens with zero attached hydrogens (tertiary/aromatic N) is 3. The van der Waals surface area contributed by atoms with Crippen molar-refractivity contribution in [2.45, 2.75) is 6.92 Å². The van der Waals surface area contributed by atoms with Crippen LogP contribution in [0.4, 0.5) is 5.69 Å². The quantitative estimate of drug-likeness (QED) is 0.797. The lowest BCUT2D eigenvalue weighted by molar-refractivity contribution is 0.102. The zero-order valence-corrected chi connectivity index (χ0v) is 14.0. The number of pyridine rings is 1. The van der Waals surface area contributed by atoms with Crippen LogP contribution in [0, 0.1) is 6.92 Å². The lowest BCUT2D eigenvalue weighted by Gasteiger charge is -2.11. The van der Waals surface area contributed by atoms with Crippen molar-refractivity contribution < 1.29 is 14.3 Å². The lowest BCUT2D eigenvalue weighted by Crippen LogP contribution is -2.13. The molecule has 124 valence electrons. The third-order valence-electron chi connectivity index (χ3n) is 3.77. The van der Waals surface area contributed by atoms with Crippen molar-refractivity contribution in [3.05, 3.63) is 41.7 Å². The van der Waals surface area contributed by atoms with Gasteiger partial charge in [-0.25, -0.2) is 4.98 Å². The summed E-state index contributed by atoms with van der Waals surface area (Å²) in [6.45, 7) is 1.90. The molecule has 0 aliphatic heterocycles. The molecule has 0 spiro atoms. The molecule has 2 aromatic heterocycles. The molecule has 0 fully saturated rings. The van der Waals surface area contributed by atoms with Gasteiger partial charge in [-0.05, 0) is 25.1 Å². The SMILES string of the molecule is COc1ccc(C(=O)Nc2cnc3c(c2)c(C)nn3C)c(OC)c1. The van der Waals surface area contributed by atoms with Crippen LogP contribution in [0.3, 0.4) is 0 Å². The summed E-state index contributed by atoms with van der Waals surface area (Å²) < 4.78 is 12.1. The molecule has 0 saturated carbocycles. The van der Waals surface area contributed by atoms with Gasteiger partial charge in [0.25, 0.3) is 5.91 Å². The molecule has 24 heavy (non-hydrogen) atoms. The van der Waals surface area contributed by atoms with Gasteiger partial charge in [0.1, 0.15) is 11.5 Å². The topological polar surface area (TPSA) is 78.3 Å². The highest BCUT2D eigenvalue weighted by Gasteiger charge is 2.15. The molecule has 3 rings (SSSR count). The summed E-state index contributed by atoms with van der Waals surface area (Å²) in [5.41, 5.74) is 2.65. The van der Waals surface area contributed by atoms with Gasteiger partial charge < -0.3 is 14.8 Å². The van der Waals surface area contributed by atoms with Crippen molar-refractivity contribution in [3.8, 4) is 11.5 Å². The Morgan fingerprint density at radius 3 is 2.71 bits per heavy atom. The summed E-state index contributed by atoms with van der Waals surface area (Å²) in [7, 11) is 4.91. The van der Waals surface area contributed by atoms with Gasteiger partial charge in [0, 0.05) is 18.5 Å². The molecule has 0 bridgehead atoms. The van der Waals surface area contributed by atoms with E-state index in [0.29, 0.717) is 22.7 Å². The molecule has 7 heteroatoms. The van der Waals surface area contributed by atoms with Gasteiger partial charge in [-0.3, -0.25) is 9.48 Å². The van der Waals surface area contributed by atoms with Gasteiger partial charge in [0.05, 0.1) is 37.4 Å². The Morgan fingerprint density at radius 2 is 2.00 bits per heavy atom. The molecular weight excluding hydrogens is 308 g/mol. The molecule has 0 saturated heterocycles. The summed E-state index contributed by atoms with van der Waals surface area (Å²) >= 11 is 0. The molecule has 1 amide bonds. The Kier molecular flexibility index (Phi) is 4.07. The Hall–Kier alpha value is -3.09. The average Bonchev–Trinajstić information content (AvgIpc) is 2.88. The lowest BCUT2D eigenvalue weighted by atomic mass is 10.1. The minimum absolute atomic E-state index is 0.280. The number of ether oxygens (including phenoxy) is 2. The maximum absolute atomic E-state index is 12.5. The minimum Gasteiger partial charge on any atom is -0.497 e. The Morgan fingerprint density at radius 1 is 1.21 bits per heavy atom. The number of aromatic nitrogens is 3. The number of benzene rings is 1. The van der Waals surface area contributed by atoms with Gasteiger partial charge in [-0.2, -0.15) is 5.10 Å². The zero-order valence-electron chi connectivity index (χ0n) is 14.0. The predicted molar refractivity (Wildman–Crippen MR) is 90.7 cm³/mol. The van der Waals surface area contributed by atoms with Gasteiger partial charge in [-0.1, -0.05) is 0 Å². The molecule has 0 atom stereocenters. The second-order valence-electron chi connectivity index (χ2n) is 5.32. The van der Waals surface area contributed by atoms with E-state index in [1.54, 1.807) is 36.2 Å². The van der Waals surface area contributed by atoms with E-state index in [1.807, 2.05) is 20.0 Å². The minimum atomic E-state index is -0.280. The van der Waals surface area contributed by atoms with Crippen LogP contribution in [0.1, 0.15) is 16.1 Å². The molecule has 3 aromatic rings. The molecule has 2 heterocycles. The maximum atomic E-state index is 12.5. The monoisotopic (exact) mass is 326 g/mol.